The van der Waals surface area contributed by atoms with Gasteiger partial charge >= 0.3 is 0 Å². The van der Waals surface area contributed by atoms with Crippen molar-refractivity contribution in [3.63, 3.8) is 0 Å². The fourth-order valence-corrected chi connectivity index (χ4v) is 10.1. The van der Waals surface area contributed by atoms with Crippen LogP contribution in [0.2, 0.25) is 0 Å². The van der Waals surface area contributed by atoms with Crippen molar-refractivity contribution in [2.45, 2.75) is 0 Å². The van der Waals surface area contributed by atoms with E-state index in [0.717, 1.165) is 88.7 Å². The number of hydrogen-bond acceptors (Lipinski definition) is 4. The average molecular weight is 819 g/mol. The second kappa shape index (κ2) is 13.4. The van der Waals surface area contributed by atoms with E-state index in [0.29, 0.717) is 0 Å². The first-order valence-electron chi connectivity index (χ1n) is 21.5. The van der Waals surface area contributed by atoms with Crippen LogP contribution in [-0.2, 0) is 0 Å². The number of aromatic nitrogens is 4. The molecule has 0 saturated heterocycles. The minimum absolute atomic E-state index is 0.784. The number of furan rings is 2. The molecule has 0 aliphatic rings. The Morgan fingerprint density at radius 1 is 0.312 bits per heavy atom. The highest BCUT2D eigenvalue weighted by Crippen LogP contribution is 2.41. The summed E-state index contributed by atoms with van der Waals surface area (Å²) in [4.78, 5) is 9.29. The lowest BCUT2D eigenvalue weighted by molar-refractivity contribution is 0.668. The van der Waals surface area contributed by atoms with Gasteiger partial charge in [0.2, 0.25) is 0 Å². The molecule has 14 rings (SSSR count). The van der Waals surface area contributed by atoms with E-state index in [-0.39, 0.29) is 0 Å². The van der Waals surface area contributed by atoms with E-state index in [1.54, 1.807) is 6.20 Å². The van der Waals surface area contributed by atoms with E-state index in [1.807, 2.05) is 30.6 Å². The maximum atomic E-state index is 6.46. The third kappa shape index (κ3) is 5.20. The Morgan fingerprint density at radius 3 is 1.50 bits per heavy atom. The second-order valence-corrected chi connectivity index (χ2v) is 16.6. The van der Waals surface area contributed by atoms with Crippen molar-refractivity contribution < 1.29 is 8.83 Å². The summed E-state index contributed by atoms with van der Waals surface area (Å²) < 4.78 is 17.3. The summed E-state index contributed by atoms with van der Waals surface area (Å²) in [5.41, 5.74) is 17.7. The number of pyridine rings is 2. The standard InChI is InChI=1S/C58H34N4O2/c1-2-9-41(10-3-1)61-50-13-6-4-11-43(50)45-28-35(16-21-52(45)61)36-17-22-53-46(29-36)44-12-5-7-14-51(44)62(53)42-20-25-55-48(32-42)47-30-37(18-23-54(47)63-55)39-27-40(34-59-33-39)38-19-24-56-49(31-38)58-57(64-56)15-8-26-60-58/h1-34H. The highest BCUT2D eigenvalue weighted by Gasteiger charge is 2.18. The van der Waals surface area contributed by atoms with E-state index >= 15 is 0 Å². The summed E-state index contributed by atoms with van der Waals surface area (Å²) in [6, 6.07) is 67.1. The molecule has 6 heterocycles. The number of nitrogens with zero attached hydrogens (tertiary/aromatic N) is 4. The van der Waals surface area contributed by atoms with Gasteiger partial charge in [0.15, 0.2) is 5.58 Å². The quantitative estimate of drug-likeness (QED) is 0.174. The van der Waals surface area contributed by atoms with Gasteiger partial charge in [0.1, 0.15) is 22.3 Å². The van der Waals surface area contributed by atoms with Crippen molar-refractivity contribution >= 4 is 87.6 Å². The van der Waals surface area contributed by atoms with Gasteiger partial charge in [0, 0.05) is 78.8 Å². The molecule has 0 fully saturated rings. The van der Waals surface area contributed by atoms with Crippen molar-refractivity contribution in [3.05, 3.63) is 207 Å². The molecule has 8 aromatic carbocycles. The molecule has 0 unspecified atom stereocenters. The normalized spacial score (nSPS) is 12.1. The molecular weight excluding hydrogens is 785 g/mol. The Balaban J connectivity index is 0.866. The van der Waals surface area contributed by atoms with Gasteiger partial charge in [-0.3, -0.25) is 9.97 Å². The lowest BCUT2D eigenvalue weighted by atomic mass is 9.99. The molecular formula is C58H34N4O2. The van der Waals surface area contributed by atoms with Gasteiger partial charge in [-0.05, 0) is 131 Å². The summed E-state index contributed by atoms with van der Waals surface area (Å²) in [5, 5.41) is 8.03. The first-order valence-corrected chi connectivity index (χ1v) is 21.5. The van der Waals surface area contributed by atoms with Gasteiger partial charge in [0.05, 0.1) is 22.1 Å². The van der Waals surface area contributed by atoms with Crippen molar-refractivity contribution in [1.29, 1.82) is 0 Å². The number of para-hydroxylation sites is 3. The molecule has 64 heavy (non-hydrogen) atoms. The number of rotatable bonds is 5. The van der Waals surface area contributed by atoms with Gasteiger partial charge in [-0.15, -0.1) is 0 Å². The maximum absolute atomic E-state index is 6.46. The summed E-state index contributed by atoms with van der Waals surface area (Å²) in [6.07, 6.45) is 5.65. The minimum Gasteiger partial charge on any atom is -0.456 e. The zero-order chi connectivity index (χ0) is 41.9. The molecule has 0 amide bonds. The Labute approximate surface area is 365 Å². The van der Waals surface area contributed by atoms with Crippen LogP contribution >= 0.6 is 0 Å². The molecule has 0 aliphatic carbocycles. The van der Waals surface area contributed by atoms with Crippen LogP contribution in [0.1, 0.15) is 0 Å². The van der Waals surface area contributed by atoms with Gasteiger partial charge < -0.3 is 18.0 Å². The molecule has 0 aliphatic heterocycles. The van der Waals surface area contributed by atoms with E-state index in [9.17, 15) is 0 Å². The van der Waals surface area contributed by atoms with E-state index in [4.69, 9.17) is 13.8 Å². The molecule has 0 saturated carbocycles. The van der Waals surface area contributed by atoms with Crippen LogP contribution < -0.4 is 0 Å². The first-order chi connectivity index (χ1) is 31.7. The molecule has 6 heteroatoms. The molecule has 6 nitrogen and oxygen atoms in total. The molecule has 14 aromatic rings. The smallest absolute Gasteiger partial charge is 0.153 e. The highest BCUT2D eigenvalue weighted by molar-refractivity contribution is 6.14. The van der Waals surface area contributed by atoms with Crippen LogP contribution in [0.3, 0.4) is 0 Å². The van der Waals surface area contributed by atoms with Crippen molar-refractivity contribution in [2.75, 3.05) is 0 Å². The van der Waals surface area contributed by atoms with Gasteiger partial charge in [-0.25, -0.2) is 0 Å². The maximum Gasteiger partial charge on any atom is 0.153 e. The zero-order valence-corrected chi connectivity index (χ0v) is 34.2. The molecule has 0 N–H and O–H groups in total. The van der Waals surface area contributed by atoms with Crippen LogP contribution in [0.15, 0.2) is 215 Å². The Bertz CT molecular complexity index is 4210. The van der Waals surface area contributed by atoms with Gasteiger partial charge in [0.25, 0.3) is 0 Å². The van der Waals surface area contributed by atoms with Crippen LogP contribution in [0.4, 0.5) is 0 Å². The van der Waals surface area contributed by atoms with Crippen molar-refractivity contribution in [1.82, 2.24) is 19.1 Å². The molecule has 0 radical (unpaired) electrons. The largest absolute Gasteiger partial charge is 0.456 e. The fourth-order valence-electron chi connectivity index (χ4n) is 10.1. The minimum atomic E-state index is 0.784. The van der Waals surface area contributed by atoms with Crippen LogP contribution in [-0.4, -0.2) is 19.1 Å². The monoisotopic (exact) mass is 818 g/mol. The zero-order valence-electron chi connectivity index (χ0n) is 34.2. The Kier molecular flexibility index (Phi) is 7.30. The van der Waals surface area contributed by atoms with Gasteiger partial charge in [-0.2, -0.15) is 0 Å². The molecule has 0 atom stereocenters. The number of fused-ring (bicyclic) bond motifs is 12. The summed E-state index contributed by atoms with van der Waals surface area (Å²) in [5.74, 6) is 0. The summed E-state index contributed by atoms with van der Waals surface area (Å²) >= 11 is 0. The highest BCUT2D eigenvalue weighted by atomic mass is 16.3. The Hall–Kier alpha value is -8.74. The third-order valence-corrected chi connectivity index (χ3v) is 13.0. The van der Waals surface area contributed by atoms with Crippen molar-refractivity contribution in [2.24, 2.45) is 0 Å². The summed E-state index contributed by atoms with van der Waals surface area (Å²) in [6.45, 7) is 0. The van der Waals surface area contributed by atoms with Gasteiger partial charge in [-0.1, -0.05) is 78.9 Å². The fraction of sp³-hybridized carbons (Fsp3) is 0. The molecule has 6 aromatic heterocycles. The Morgan fingerprint density at radius 2 is 0.812 bits per heavy atom. The topological polar surface area (TPSA) is 61.9 Å². The lowest BCUT2D eigenvalue weighted by Gasteiger charge is -2.09. The van der Waals surface area contributed by atoms with Crippen molar-refractivity contribution in [3.8, 4) is 44.8 Å². The lowest BCUT2D eigenvalue weighted by Crippen LogP contribution is -1.93. The predicted octanol–water partition coefficient (Wildman–Crippen LogP) is 15.5. The first kappa shape index (κ1) is 34.9. The van der Waals surface area contributed by atoms with E-state index < -0.39 is 0 Å². The number of hydrogen-bond donors (Lipinski definition) is 0. The third-order valence-electron chi connectivity index (χ3n) is 13.0. The molecule has 0 spiro atoms. The predicted molar refractivity (Wildman–Crippen MR) is 262 cm³/mol. The number of benzene rings is 8. The van der Waals surface area contributed by atoms with Crippen LogP contribution in [0, 0.1) is 0 Å². The summed E-state index contributed by atoms with van der Waals surface area (Å²) in [7, 11) is 0. The average Bonchev–Trinajstić information content (AvgIpc) is 4.11. The molecule has 0 bridgehead atoms. The second-order valence-electron chi connectivity index (χ2n) is 16.6. The molecule has 298 valence electrons. The van der Waals surface area contributed by atoms with Crippen LogP contribution in [0.25, 0.3) is 132 Å². The van der Waals surface area contributed by atoms with Crippen LogP contribution in [0.5, 0.6) is 0 Å². The van der Waals surface area contributed by atoms with E-state index in [2.05, 4.69) is 184 Å². The SMILES string of the molecule is c1ccc(-n2c3ccccc3c3cc(-c4ccc5c(c4)c4ccccc4n5-c4ccc5oc6ccc(-c7cncc(-c8ccc9oc%10cccnc%10c9c8)c7)cc6c5c4)ccc32)cc1. The van der Waals surface area contributed by atoms with E-state index in [1.165, 1.54) is 43.7 Å².